The molecule has 2 aromatic carbocycles. The molecule has 208 valence electrons. The quantitative estimate of drug-likeness (QED) is 0.277. The lowest BCUT2D eigenvalue weighted by molar-refractivity contribution is -0.196. The minimum absolute atomic E-state index is 0.236. The standard InChI is InChI=1S/C31H29F4N3O2/c1-30-16-18-17-36-38(22-8-4-20(32)5-9-22)27(18)15-19(30)3-12-24-25(30)13-14-26(31(33,34)35)28(24)29(39)37-21-6-10-23(40-2)11-7-21/h4-11,13,15,17,24,26,28H,3,12,14,16H2,1-2H3,(H,37,39)/t24-,26-,28-,30+/m1/s1. The van der Waals surface area contributed by atoms with Gasteiger partial charge < -0.3 is 10.1 Å². The summed E-state index contributed by atoms with van der Waals surface area (Å²) in [7, 11) is 1.52. The van der Waals surface area contributed by atoms with Gasteiger partial charge in [-0.2, -0.15) is 18.3 Å². The number of carbonyl (C=O) groups is 1. The zero-order valence-electron chi connectivity index (χ0n) is 22.1. The number of benzene rings is 2. The average molecular weight is 552 g/mol. The zero-order chi connectivity index (χ0) is 28.2. The van der Waals surface area contributed by atoms with Crippen molar-refractivity contribution in [3.05, 3.63) is 89.0 Å². The minimum Gasteiger partial charge on any atom is -0.497 e. The number of methoxy groups -OCH3 is 1. The molecule has 0 spiro atoms. The van der Waals surface area contributed by atoms with Crippen LogP contribution in [-0.2, 0) is 11.2 Å². The molecule has 0 aliphatic heterocycles. The maximum absolute atomic E-state index is 14.3. The summed E-state index contributed by atoms with van der Waals surface area (Å²) >= 11 is 0. The fourth-order valence-corrected chi connectivity index (χ4v) is 6.83. The van der Waals surface area contributed by atoms with Gasteiger partial charge >= 0.3 is 6.18 Å². The van der Waals surface area contributed by atoms with Crippen molar-refractivity contribution >= 4 is 17.7 Å². The number of hydrogen-bond donors (Lipinski definition) is 1. The number of amides is 1. The van der Waals surface area contributed by atoms with Crippen LogP contribution >= 0.6 is 0 Å². The molecule has 1 saturated carbocycles. The minimum atomic E-state index is -4.50. The molecule has 0 unspecified atom stereocenters. The first-order chi connectivity index (χ1) is 19.1. The van der Waals surface area contributed by atoms with Crippen molar-refractivity contribution in [2.24, 2.45) is 23.2 Å². The van der Waals surface area contributed by atoms with Crippen molar-refractivity contribution in [2.75, 3.05) is 12.4 Å². The number of aromatic nitrogens is 2. The van der Waals surface area contributed by atoms with Crippen LogP contribution < -0.4 is 10.1 Å². The molecule has 9 heteroatoms. The van der Waals surface area contributed by atoms with Crippen molar-refractivity contribution in [1.29, 1.82) is 0 Å². The molecule has 1 aromatic heterocycles. The van der Waals surface area contributed by atoms with E-state index < -0.39 is 35.3 Å². The Labute approximate surface area is 229 Å². The van der Waals surface area contributed by atoms with E-state index in [1.165, 1.54) is 19.2 Å². The first kappa shape index (κ1) is 26.3. The molecular weight excluding hydrogens is 522 g/mol. The summed E-state index contributed by atoms with van der Waals surface area (Å²) in [5, 5.41) is 7.29. The maximum atomic E-state index is 14.3. The highest BCUT2D eigenvalue weighted by Crippen LogP contribution is 2.59. The summed E-state index contributed by atoms with van der Waals surface area (Å²) in [5.74, 6) is -3.87. The Morgan fingerprint density at radius 3 is 2.52 bits per heavy atom. The summed E-state index contributed by atoms with van der Waals surface area (Å²) in [6.45, 7) is 2.07. The van der Waals surface area contributed by atoms with Crippen LogP contribution in [0.2, 0.25) is 0 Å². The van der Waals surface area contributed by atoms with Crippen molar-refractivity contribution in [2.45, 2.75) is 38.8 Å². The Bertz CT molecular complexity index is 1500. The van der Waals surface area contributed by atoms with Crippen LogP contribution in [-0.4, -0.2) is 29.0 Å². The summed E-state index contributed by atoms with van der Waals surface area (Å²) < 4.78 is 63.3. The second-order valence-corrected chi connectivity index (χ2v) is 11.1. The molecule has 3 aromatic rings. The number of nitrogens with zero attached hydrogens (tertiary/aromatic N) is 2. The van der Waals surface area contributed by atoms with Gasteiger partial charge in [-0.3, -0.25) is 4.79 Å². The van der Waals surface area contributed by atoms with Gasteiger partial charge in [-0.15, -0.1) is 0 Å². The SMILES string of the molecule is COc1ccc(NC(=O)[C@@H]2[C@@H]3CCC4=Cc5c(cnn5-c5ccc(F)cc5)C[C@]4(C)C3=CC[C@H]2C(F)(F)F)cc1. The first-order valence-corrected chi connectivity index (χ1v) is 13.3. The van der Waals surface area contributed by atoms with E-state index in [-0.39, 0.29) is 12.2 Å². The predicted molar refractivity (Wildman–Crippen MR) is 143 cm³/mol. The van der Waals surface area contributed by atoms with Gasteiger partial charge in [0.1, 0.15) is 11.6 Å². The Morgan fingerprint density at radius 2 is 1.85 bits per heavy atom. The number of rotatable bonds is 4. The highest BCUT2D eigenvalue weighted by Gasteiger charge is 2.56. The van der Waals surface area contributed by atoms with E-state index in [2.05, 4.69) is 23.4 Å². The molecule has 1 amide bonds. The van der Waals surface area contributed by atoms with Gasteiger partial charge in [-0.1, -0.05) is 24.1 Å². The fraction of sp³-hybridized carbons (Fsp3) is 0.355. The number of anilines is 1. The summed E-state index contributed by atoms with van der Waals surface area (Å²) in [6.07, 6.45) is 2.44. The number of carbonyl (C=O) groups excluding carboxylic acids is 1. The molecule has 1 N–H and O–H groups in total. The van der Waals surface area contributed by atoms with Gasteiger partial charge in [0.25, 0.3) is 0 Å². The molecule has 40 heavy (non-hydrogen) atoms. The summed E-state index contributed by atoms with van der Waals surface area (Å²) in [4.78, 5) is 13.6. The van der Waals surface area contributed by atoms with Crippen molar-refractivity contribution in [1.82, 2.24) is 9.78 Å². The molecule has 5 nitrogen and oxygen atoms in total. The van der Waals surface area contributed by atoms with Crippen LogP contribution in [0, 0.1) is 29.0 Å². The molecule has 1 heterocycles. The Kier molecular flexibility index (Phi) is 6.35. The van der Waals surface area contributed by atoms with Gasteiger partial charge in [-0.05, 0) is 91.8 Å². The highest BCUT2D eigenvalue weighted by molar-refractivity contribution is 5.93. The zero-order valence-corrected chi connectivity index (χ0v) is 22.1. The van der Waals surface area contributed by atoms with E-state index in [9.17, 15) is 22.4 Å². The molecular formula is C31H29F4N3O2. The van der Waals surface area contributed by atoms with E-state index >= 15 is 0 Å². The third kappa shape index (κ3) is 4.41. The Morgan fingerprint density at radius 1 is 1.12 bits per heavy atom. The van der Waals surface area contributed by atoms with Gasteiger partial charge in [0.15, 0.2) is 0 Å². The van der Waals surface area contributed by atoms with Crippen molar-refractivity contribution < 1.29 is 27.1 Å². The number of hydrogen-bond acceptors (Lipinski definition) is 3. The molecule has 0 bridgehead atoms. The number of alkyl halides is 3. The van der Waals surface area contributed by atoms with Gasteiger partial charge in [0, 0.05) is 11.1 Å². The molecule has 6 rings (SSSR count). The van der Waals surface area contributed by atoms with Crippen molar-refractivity contribution in [3.63, 3.8) is 0 Å². The van der Waals surface area contributed by atoms with Gasteiger partial charge in [0.2, 0.25) is 5.91 Å². The third-order valence-electron chi connectivity index (χ3n) is 8.82. The lowest BCUT2D eigenvalue weighted by Crippen LogP contribution is -2.49. The Balaban J connectivity index is 1.33. The first-order valence-electron chi connectivity index (χ1n) is 13.3. The maximum Gasteiger partial charge on any atom is 0.392 e. The molecule has 4 atom stereocenters. The second kappa shape index (κ2) is 9.64. The summed E-state index contributed by atoms with van der Waals surface area (Å²) in [6, 6.07) is 12.7. The topological polar surface area (TPSA) is 56.1 Å². The van der Waals surface area contributed by atoms with Crippen LogP contribution in [0.1, 0.15) is 37.4 Å². The summed E-state index contributed by atoms with van der Waals surface area (Å²) in [5.41, 5.74) is 4.54. The van der Waals surface area contributed by atoms with Crippen LogP contribution in [0.15, 0.2) is 72.0 Å². The predicted octanol–water partition coefficient (Wildman–Crippen LogP) is 7.14. The van der Waals surface area contributed by atoms with E-state index in [4.69, 9.17) is 4.74 Å². The van der Waals surface area contributed by atoms with Crippen LogP contribution in [0.5, 0.6) is 5.75 Å². The third-order valence-corrected chi connectivity index (χ3v) is 8.82. The number of nitrogens with one attached hydrogen (secondary N) is 1. The second-order valence-electron chi connectivity index (χ2n) is 11.1. The number of fused-ring (bicyclic) bond motifs is 4. The fourth-order valence-electron chi connectivity index (χ4n) is 6.83. The van der Waals surface area contributed by atoms with E-state index in [1.807, 2.05) is 0 Å². The number of allylic oxidation sites excluding steroid dienone is 3. The smallest absolute Gasteiger partial charge is 0.392 e. The number of ether oxygens (including phenoxy) is 1. The van der Waals surface area contributed by atoms with E-state index in [0.29, 0.717) is 30.7 Å². The lowest BCUT2D eigenvalue weighted by Gasteiger charge is -2.50. The molecule has 0 saturated heterocycles. The number of halogens is 4. The molecule has 3 aliphatic rings. The largest absolute Gasteiger partial charge is 0.497 e. The molecule has 0 radical (unpaired) electrons. The average Bonchev–Trinajstić information content (AvgIpc) is 3.33. The molecule has 3 aliphatic carbocycles. The monoisotopic (exact) mass is 551 g/mol. The van der Waals surface area contributed by atoms with E-state index in [1.54, 1.807) is 53.4 Å². The van der Waals surface area contributed by atoms with Gasteiger partial charge in [0.05, 0.1) is 36.5 Å². The molecule has 1 fully saturated rings. The van der Waals surface area contributed by atoms with Crippen LogP contribution in [0.25, 0.3) is 11.8 Å². The van der Waals surface area contributed by atoms with Crippen LogP contribution in [0.4, 0.5) is 23.2 Å². The van der Waals surface area contributed by atoms with Crippen LogP contribution in [0.3, 0.4) is 0 Å². The van der Waals surface area contributed by atoms with Gasteiger partial charge in [-0.25, -0.2) is 9.07 Å². The highest BCUT2D eigenvalue weighted by atomic mass is 19.4. The van der Waals surface area contributed by atoms with E-state index in [0.717, 1.165) is 28.1 Å². The normalized spacial score (nSPS) is 25.6. The Hall–Kier alpha value is -3.88. The lowest BCUT2D eigenvalue weighted by atomic mass is 9.54. The van der Waals surface area contributed by atoms with Crippen molar-refractivity contribution in [3.8, 4) is 11.4 Å².